The summed E-state index contributed by atoms with van der Waals surface area (Å²) >= 11 is 5.41. The molecule has 0 atom stereocenters. The van der Waals surface area contributed by atoms with Gasteiger partial charge in [-0.2, -0.15) is 5.26 Å². The first-order chi connectivity index (χ1) is 9.72. The zero-order valence-corrected chi connectivity index (χ0v) is 12.2. The Morgan fingerprint density at radius 3 is 2.30 bits per heavy atom. The van der Waals surface area contributed by atoms with Gasteiger partial charge in [0, 0.05) is 4.86 Å². The highest BCUT2D eigenvalue weighted by atomic mass is 32.1. The number of thiocarbonyl (C=S) groups is 1. The number of benzene rings is 2. The lowest BCUT2D eigenvalue weighted by Gasteiger charge is -2.01. The van der Waals surface area contributed by atoms with Crippen LogP contribution in [-0.2, 0) is 6.42 Å². The second kappa shape index (κ2) is 6.79. The minimum atomic E-state index is 0.667. The van der Waals surface area contributed by atoms with Crippen LogP contribution in [0.15, 0.2) is 54.6 Å². The van der Waals surface area contributed by atoms with Gasteiger partial charge in [0.15, 0.2) is 0 Å². The molecule has 0 aromatic heterocycles. The van der Waals surface area contributed by atoms with Gasteiger partial charge in [0.2, 0.25) is 0 Å². The molecule has 98 valence electrons. The molecule has 0 bridgehead atoms. The predicted octanol–water partition coefficient (Wildman–Crippen LogP) is 4.55. The summed E-state index contributed by atoms with van der Waals surface area (Å²) in [6.45, 7) is 2.14. The quantitative estimate of drug-likeness (QED) is 0.465. The molecular formula is C18H15NS. The molecule has 1 nitrogen and oxygen atoms in total. The van der Waals surface area contributed by atoms with Crippen LogP contribution in [0.2, 0.25) is 0 Å². The van der Waals surface area contributed by atoms with E-state index in [1.165, 1.54) is 5.56 Å². The molecule has 0 fully saturated rings. The van der Waals surface area contributed by atoms with Crippen LogP contribution >= 0.6 is 12.2 Å². The molecule has 2 aromatic rings. The van der Waals surface area contributed by atoms with Gasteiger partial charge >= 0.3 is 0 Å². The Morgan fingerprint density at radius 1 is 1.10 bits per heavy atom. The molecule has 0 heterocycles. The second-order valence-electron chi connectivity index (χ2n) is 4.48. The van der Waals surface area contributed by atoms with Gasteiger partial charge in [-0.25, -0.2) is 0 Å². The molecule has 0 saturated carbocycles. The van der Waals surface area contributed by atoms with Crippen LogP contribution < -0.4 is 0 Å². The van der Waals surface area contributed by atoms with E-state index in [1.54, 1.807) is 12.1 Å². The van der Waals surface area contributed by atoms with E-state index in [0.29, 0.717) is 5.56 Å². The SMILES string of the molecule is CCc1ccc(C(=S)C=Cc2ccc(C#N)cc2)cc1. The van der Waals surface area contributed by atoms with Crippen molar-refractivity contribution < 1.29 is 0 Å². The number of allylic oxidation sites excluding steroid dienone is 1. The molecular weight excluding hydrogens is 262 g/mol. The number of hydrogen-bond acceptors (Lipinski definition) is 2. The highest BCUT2D eigenvalue weighted by Gasteiger charge is 1.97. The fourth-order valence-electron chi connectivity index (χ4n) is 1.84. The largest absolute Gasteiger partial charge is 0.192 e. The third kappa shape index (κ3) is 3.63. The van der Waals surface area contributed by atoms with Gasteiger partial charge in [-0.3, -0.25) is 0 Å². The van der Waals surface area contributed by atoms with Crippen LogP contribution in [0.3, 0.4) is 0 Å². The Hall–Kier alpha value is -2.24. The van der Waals surface area contributed by atoms with Crippen molar-refractivity contribution in [2.75, 3.05) is 0 Å². The van der Waals surface area contributed by atoms with Gasteiger partial charge in [-0.15, -0.1) is 0 Å². The smallest absolute Gasteiger partial charge is 0.0991 e. The van der Waals surface area contributed by atoms with Gasteiger partial charge in [-0.1, -0.05) is 61.6 Å². The van der Waals surface area contributed by atoms with Gasteiger partial charge in [0.1, 0.15) is 0 Å². The normalized spacial score (nSPS) is 10.4. The fourth-order valence-corrected chi connectivity index (χ4v) is 2.05. The first-order valence-electron chi connectivity index (χ1n) is 6.54. The standard InChI is InChI=1S/C18H15NS/c1-2-14-7-10-17(11-8-14)18(20)12-9-15-3-5-16(13-19)6-4-15/h3-12H,2H2,1H3. The monoisotopic (exact) mass is 277 g/mol. The van der Waals surface area contributed by atoms with Gasteiger partial charge in [-0.05, 0) is 41.3 Å². The molecule has 0 saturated heterocycles. The number of aryl methyl sites for hydroxylation is 1. The summed E-state index contributed by atoms with van der Waals surface area (Å²) in [5, 5.41) is 8.75. The lowest BCUT2D eigenvalue weighted by molar-refractivity contribution is 1.14. The topological polar surface area (TPSA) is 23.8 Å². The summed E-state index contributed by atoms with van der Waals surface area (Å²) in [5.41, 5.74) is 4.08. The van der Waals surface area contributed by atoms with Crippen molar-refractivity contribution in [2.45, 2.75) is 13.3 Å². The Balaban J connectivity index is 2.09. The third-order valence-corrected chi connectivity index (χ3v) is 3.49. The van der Waals surface area contributed by atoms with Crippen LogP contribution in [0.1, 0.15) is 29.2 Å². The number of hydrogen-bond donors (Lipinski definition) is 0. The Labute approximate surface area is 125 Å². The van der Waals surface area contributed by atoms with Gasteiger partial charge in [0.25, 0.3) is 0 Å². The fraction of sp³-hybridized carbons (Fsp3) is 0.111. The Bertz CT molecular complexity index is 658. The zero-order chi connectivity index (χ0) is 14.4. The number of nitrogens with zero attached hydrogens (tertiary/aromatic N) is 1. The summed E-state index contributed by atoms with van der Waals surface area (Å²) in [5.74, 6) is 0. The van der Waals surface area contributed by atoms with Crippen molar-refractivity contribution in [3.05, 3.63) is 76.9 Å². The van der Waals surface area contributed by atoms with E-state index in [2.05, 4.69) is 37.3 Å². The predicted molar refractivity (Wildman–Crippen MR) is 87.7 cm³/mol. The van der Waals surface area contributed by atoms with Crippen molar-refractivity contribution in [3.63, 3.8) is 0 Å². The van der Waals surface area contributed by atoms with E-state index in [0.717, 1.165) is 22.4 Å². The maximum Gasteiger partial charge on any atom is 0.0991 e. The molecule has 2 rings (SSSR count). The third-order valence-electron chi connectivity index (χ3n) is 3.11. The molecule has 0 unspecified atom stereocenters. The molecule has 0 spiro atoms. The lowest BCUT2D eigenvalue weighted by Crippen LogP contribution is -1.92. The summed E-state index contributed by atoms with van der Waals surface area (Å²) in [6, 6.07) is 17.9. The maximum atomic E-state index is 8.75. The molecule has 0 aliphatic heterocycles. The van der Waals surface area contributed by atoms with Crippen LogP contribution in [-0.4, -0.2) is 4.86 Å². The van der Waals surface area contributed by atoms with E-state index < -0.39 is 0 Å². The molecule has 0 radical (unpaired) electrons. The second-order valence-corrected chi connectivity index (χ2v) is 4.92. The van der Waals surface area contributed by atoms with E-state index in [1.807, 2.05) is 24.3 Å². The molecule has 20 heavy (non-hydrogen) atoms. The summed E-state index contributed by atoms with van der Waals surface area (Å²) in [6.07, 6.45) is 4.93. The lowest BCUT2D eigenvalue weighted by atomic mass is 10.1. The van der Waals surface area contributed by atoms with E-state index >= 15 is 0 Å². The molecule has 2 aromatic carbocycles. The molecule has 0 amide bonds. The average Bonchev–Trinajstić information content (AvgIpc) is 2.53. The van der Waals surface area contributed by atoms with Crippen molar-refractivity contribution >= 4 is 23.2 Å². The number of nitriles is 1. The van der Waals surface area contributed by atoms with E-state index in [9.17, 15) is 0 Å². The first kappa shape index (κ1) is 14.2. The summed E-state index contributed by atoms with van der Waals surface area (Å²) < 4.78 is 0. The van der Waals surface area contributed by atoms with Crippen LogP contribution in [0.25, 0.3) is 6.08 Å². The van der Waals surface area contributed by atoms with Crippen molar-refractivity contribution in [3.8, 4) is 6.07 Å². The summed E-state index contributed by atoms with van der Waals surface area (Å²) in [4.78, 5) is 0.817. The minimum absolute atomic E-state index is 0.667. The van der Waals surface area contributed by atoms with Crippen molar-refractivity contribution in [1.82, 2.24) is 0 Å². The van der Waals surface area contributed by atoms with E-state index in [-0.39, 0.29) is 0 Å². The Kier molecular flexibility index (Phi) is 4.81. The highest BCUT2D eigenvalue weighted by molar-refractivity contribution is 7.81. The highest BCUT2D eigenvalue weighted by Crippen LogP contribution is 2.10. The average molecular weight is 277 g/mol. The Morgan fingerprint density at radius 2 is 1.75 bits per heavy atom. The minimum Gasteiger partial charge on any atom is -0.192 e. The van der Waals surface area contributed by atoms with E-state index in [4.69, 9.17) is 17.5 Å². The molecule has 0 aliphatic rings. The van der Waals surface area contributed by atoms with Crippen LogP contribution in [0.4, 0.5) is 0 Å². The zero-order valence-electron chi connectivity index (χ0n) is 11.3. The van der Waals surface area contributed by atoms with Crippen LogP contribution in [0.5, 0.6) is 0 Å². The molecule has 0 N–H and O–H groups in total. The van der Waals surface area contributed by atoms with Gasteiger partial charge < -0.3 is 0 Å². The van der Waals surface area contributed by atoms with Crippen molar-refractivity contribution in [2.24, 2.45) is 0 Å². The molecule has 2 heteroatoms. The first-order valence-corrected chi connectivity index (χ1v) is 6.95. The van der Waals surface area contributed by atoms with Crippen molar-refractivity contribution in [1.29, 1.82) is 5.26 Å². The number of rotatable bonds is 4. The summed E-state index contributed by atoms with van der Waals surface area (Å²) in [7, 11) is 0. The molecule has 0 aliphatic carbocycles. The van der Waals surface area contributed by atoms with Crippen LogP contribution in [0, 0.1) is 11.3 Å². The van der Waals surface area contributed by atoms with Gasteiger partial charge in [0.05, 0.1) is 11.6 Å². The maximum absolute atomic E-state index is 8.75.